The number of anilines is 1. The van der Waals surface area contributed by atoms with E-state index in [9.17, 15) is 4.79 Å². The lowest BCUT2D eigenvalue weighted by Gasteiger charge is -2.05. The van der Waals surface area contributed by atoms with E-state index in [2.05, 4.69) is 15.5 Å². The van der Waals surface area contributed by atoms with Gasteiger partial charge in [-0.1, -0.05) is 40.6 Å². The van der Waals surface area contributed by atoms with Gasteiger partial charge >= 0.3 is 0 Å². The molecule has 0 atom stereocenters. The fraction of sp³-hybridized carbons (Fsp3) is 0.250. The van der Waals surface area contributed by atoms with E-state index in [-0.39, 0.29) is 15.6 Å². The van der Waals surface area contributed by atoms with Crippen molar-refractivity contribution in [2.45, 2.75) is 13.5 Å². The van der Waals surface area contributed by atoms with Gasteiger partial charge in [-0.05, 0) is 19.1 Å². The molecule has 0 aliphatic heterocycles. The number of rotatable bonds is 5. The molecule has 1 aromatic heterocycles. The summed E-state index contributed by atoms with van der Waals surface area (Å²) in [6.45, 7) is 2.86. The molecule has 20 heavy (non-hydrogen) atoms. The van der Waals surface area contributed by atoms with Crippen molar-refractivity contribution in [2.75, 3.05) is 11.9 Å². The van der Waals surface area contributed by atoms with E-state index in [0.717, 1.165) is 0 Å². The number of hydrogen-bond acceptors (Lipinski definition) is 5. The molecule has 2 rings (SSSR count). The molecule has 2 aromatic rings. The van der Waals surface area contributed by atoms with Crippen LogP contribution in [0.2, 0.25) is 10.0 Å². The maximum absolute atomic E-state index is 12.1. The Bertz CT molecular complexity index is 598. The zero-order valence-corrected chi connectivity index (χ0v) is 12.8. The summed E-state index contributed by atoms with van der Waals surface area (Å²) in [5.74, 6) is -0.417. The molecule has 0 fully saturated rings. The summed E-state index contributed by atoms with van der Waals surface area (Å²) >= 11 is 13.2. The average molecular weight is 332 g/mol. The van der Waals surface area contributed by atoms with Gasteiger partial charge in [-0.3, -0.25) is 10.1 Å². The lowest BCUT2D eigenvalue weighted by Crippen LogP contribution is -2.12. The van der Waals surface area contributed by atoms with E-state index in [1.54, 1.807) is 18.2 Å². The highest BCUT2D eigenvalue weighted by Crippen LogP contribution is 2.26. The van der Waals surface area contributed by atoms with E-state index in [0.29, 0.717) is 23.4 Å². The highest BCUT2D eigenvalue weighted by atomic mass is 35.5. The van der Waals surface area contributed by atoms with E-state index >= 15 is 0 Å². The zero-order chi connectivity index (χ0) is 14.5. The number of benzene rings is 1. The average Bonchev–Trinajstić information content (AvgIpc) is 2.83. The molecule has 0 aliphatic rings. The molecule has 0 aliphatic carbocycles. The van der Waals surface area contributed by atoms with Crippen molar-refractivity contribution in [3.63, 3.8) is 0 Å². The smallest absolute Gasteiger partial charge is 0.260 e. The fourth-order valence-corrected chi connectivity index (χ4v) is 2.67. The second-order valence-corrected chi connectivity index (χ2v) is 5.57. The summed E-state index contributed by atoms with van der Waals surface area (Å²) in [7, 11) is 0. The Morgan fingerprint density at radius 1 is 1.35 bits per heavy atom. The lowest BCUT2D eigenvalue weighted by atomic mass is 10.2. The molecule has 0 saturated heterocycles. The minimum absolute atomic E-state index is 0.220. The van der Waals surface area contributed by atoms with Crippen LogP contribution in [-0.4, -0.2) is 22.7 Å². The number of carbonyl (C=O) groups is 1. The van der Waals surface area contributed by atoms with E-state index in [1.807, 2.05) is 6.92 Å². The Morgan fingerprint density at radius 3 is 2.70 bits per heavy atom. The molecule has 1 amide bonds. The van der Waals surface area contributed by atoms with Crippen LogP contribution in [0.1, 0.15) is 22.3 Å². The summed E-state index contributed by atoms with van der Waals surface area (Å²) in [5.41, 5.74) is 0.220. The number of halogens is 2. The van der Waals surface area contributed by atoms with Gasteiger partial charge in [-0.15, -0.1) is 10.2 Å². The number of nitrogens with one attached hydrogen (secondary N) is 1. The largest absolute Gasteiger partial charge is 0.374 e. The number of ether oxygens (including phenoxy) is 1. The molecule has 5 nitrogen and oxygen atoms in total. The molecule has 106 valence electrons. The van der Waals surface area contributed by atoms with Crippen molar-refractivity contribution >= 4 is 45.6 Å². The van der Waals surface area contributed by atoms with Crippen molar-refractivity contribution in [1.82, 2.24) is 10.2 Å². The summed E-state index contributed by atoms with van der Waals surface area (Å²) in [4.78, 5) is 12.1. The van der Waals surface area contributed by atoms with Crippen LogP contribution >= 0.6 is 34.5 Å². The number of nitrogens with zero attached hydrogens (tertiary/aromatic N) is 2. The van der Waals surface area contributed by atoms with Gasteiger partial charge in [-0.25, -0.2) is 0 Å². The molecule has 0 saturated carbocycles. The summed E-state index contributed by atoms with van der Waals surface area (Å²) in [5, 5.41) is 12.0. The van der Waals surface area contributed by atoms with Crippen molar-refractivity contribution in [3.05, 3.63) is 38.8 Å². The van der Waals surface area contributed by atoms with Gasteiger partial charge in [0.1, 0.15) is 11.6 Å². The van der Waals surface area contributed by atoms with Crippen LogP contribution in [0.3, 0.4) is 0 Å². The first-order valence-corrected chi connectivity index (χ1v) is 7.34. The van der Waals surface area contributed by atoms with Crippen molar-refractivity contribution in [1.29, 1.82) is 0 Å². The van der Waals surface area contributed by atoms with Crippen LogP contribution < -0.4 is 5.32 Å². The van der Waals surface area contributed by atoms with E-state index in [1.165, 1.54) is 11.3 Å². The third-order valence-corrected chi connectivity index (χ3v) is 3.75. The molecule has 0 unspecified atom stereocenters. The fourth-order valence-electron chi connectivity index (χ4n) is 1.43. The topological polar surface area (TPSA) is 64.1 Å². The second kappa shape index (κ2) is 6.99. The first kappa shape index (κ1) is 15.2. The van der Waals surface area contributed by atoms with Crippen LogP contribution in [-0.2, 0) is 11.3 Å². The predicted molar refractivity (Wildman–Crippen MR) is 79.7 cm³/mol. The van der Waals surface area contributed by atoms with Crippen molar-refractivity contribution in [3.8, 4) is 0 Å². The van der Waals surface area contributed by atoms with E-state index in [4.69, 9.17) is 27.9 Å². The Hall–Kier alpha value is -1.21. The summed E-state index contributed by atoms with van der Waals surface area (Å²) in [6.07, 6.45) is 0. The molecular weight excluding hydrogens is 321 g/mol. The van der Waals surface area contributed by atoms with Crippen molar-refractivity contribution in [2.24, 2.45) is 0 Å². The third kappa shape index (κ3) is 3.67. The number of amides is 1. The molecule has 0 spiro atoms. The van der Waals surface area contributed by atoms with Crippen molar-refractivity contribution < 1.29 is 9.53 Å². The summed E-state index contributed by atoms with van der Waals surface area (Å²) in [6, 6.07) is 4.87. The quantitative estimate of drug-likeness (QED) is 0.908. The Morgan fingerprint density at radius 2 is 2.05 bits per heavy atom. The second-order valence-electron chi connectivity index (χ2n) is 3.69. The van der Waals surface area contributed by atoms with Crippen LogP contribution in [0.15, 0.2) is 18.2 Å². The molecule has 1 heterocycles. The Labute approximate surface area is 129 Å². The number of hydrogen-bond donors (Lipinski definition) is 1. The Balaban J connectivity index is 2.10. The van der Waals surface area contributed by atoms with Gasteiger partial charge < -0.3 is 4.74 Å². The molecular formula is C12H11Cl2N3O2S. The first-order chi connectivity index (χ1) is 9.61. The lowest BCUT2D eigenvalue weighted by molar-refractivity contribution is 0.102. The van der Waals surface area contributed by atoms with Gasteiger partial charge in [0.2, 0.25) is 5.13 Å². The van der Waals surface area contributed by atoms with Crippen LogP contribution in [0.5, 0.6) is 0 Å². The third-order valence-electron chi connectivity index (χ3n) is 2.31. The van der Waals surface area contributed by atoms with Gasteiger partial charge in [0.05, 0.1) is 15.6 Å². The minimum Gasteiger partial charge on any atom is -0.374 e. The van der Waals surface area contributed by atoms with Crippen LogP contribution in [0, 0.1) is 0 Å². The highest BCUT2D eigenvalue weighted by molar-refractivity contribution is 7.15. The maximum atomic E-state index is 12.1. The minimum atomic E-state index is -0.417. The highest BCUT2D eigenvalue weighted by Gasteiger charge is 2.16. The van der Waals surface area contributed by atoms with Gasteiger partial charge in [0, 0.05) is 6.61 Å². The van der Waals surface area contributed by atoms with Gasteiger partial charge in [0.15, 0.2) is 0 Å². The number of carbonyl (C=O) groups excluding carboxylic acids is 1. The monoisotopic (exact) mass is 331 g/mol. The van der Waals surface area contributed by atoms with Crippen LogP contribution in [0.4, 0.5) is 5.13 Å². The molecule has 1 N–H and O–H groups in total. The zero-order valence-electron chi connectivity index (χ0n) is 10.5. The molecule has 0 bridgehead atoms. The maximum Gasteiger partial charge on any atom is 0.260 e. The molecule has 1 aromatic carbocycles. The summed E-state index contributed by atoms with van der Waals surface area (Å²) < 4.78 is 5.21. The SMILES string of the molecule is CCOCc1nnc(NC(=O)c2c(Cl)cccc2Cl)s1. The van der Waals surface area contributed by atoms with Gasteiger partial charge in [-0.2, -0.15) is 0 Å². The predicted octanol–water partition coefficient (Wildman–Crippen LogP) is 3.63. The van der Waals surface area contributed by atoms with E-state index < -0.39 is 5.91 Å². The molecule has 0 radical (unpaired) electrons. The van der Waals surface area contributed by atoms with Crippen LogP contribution in [0.25, 0.3) is 0 Å². The Kier molecular flexibility index (Phi) is 5.31. The number of aromatic nitrogens is 2. The molecule has 8 heteroatoms. The first-order valence-electron chi connectivity index (χ1n) is 5.77. The normalized spacial score (nSPS) is 10.6. The standard InChI is InChI=1S/C12H11Cl2N3O2S/c1-2-19-6-9-16-17-12(20-9)15-11(18)10-7(13)4-3-5-8(10)14/h3-5H,2,6H2,1H3,(H,15,17,18). The van der Waals surface area contributed by atoms with Gasteiger partial charge in [0.25, 0.3) is 5.91 Å².